The molecule has 0 aliphatic carbocycles. The summed E-state index contributed by atoms with van der Waals surface area (Å²) in [6.45, 7) is 8.72. The second-order valence-corrected chi connectivity index (χ2v) is 9.13. The first-order valence-electron chi connectivity index (χ1n) is 10.4. The minimum Gasteiger partial charge on any atom is -0.260 e. The highest BCUT2D eigenvalue weighted by atomic mass is 32.1. The molecule has 2 aromatic carbocycles. The van der Waals surface area contributed by atoms with E-state index in [0.717, 1.165) is 22.3 Å². The predicted octanol–water partition coefficient (Wildman–Crippen LogP) is 7.92. The van der Waals surface area contributed by atoms with Gasteiger partial charge in [-0.2, -0.15) is 0 Å². The number of aryl methyl sites for hydroxylation is 2. The van der Waals surface area contributed by atoms with Crippen LogP contribution in [0.4, 0.5) is 0 Å². The van der Waals surface area contributed by atoms with E-state index in [1.807, 2.05) is 12.4 Å². The van der Waals surface area contributed by atoms with E-state index in [2.05, 4.69) is 86.6 Å². The summed E-state index contributed by atoms with van der Waals surface area (Å²) >= 11 is 1.78. The molecule has 0 bridgehead atoms. The van der Waals surface area contributed by atoms with Crippen LogP contribution in [0.25, 0.3) is 43.2 Å². The highest BCUT2D eigenvalue weighted by Crippen LogP contribution is 2.43. The maximum absolute atomic E-state index is 4.85. The van der Waals surface area contributed by atoms with Crippen molar-refractivity contribution in [3.63, 3.8) is 0 Å². The Kier molecular flexibility index (Phi) is 4.63. The lowest BCUT2D eigenvalue weighted by atomic mass is 9.91. The third-order valence-electron chi connectivity index (χ3n) is 5.85. The average Bonchev–Trinajstić information content (AvgIpc) is 3.18. The molecule has 0 atom stereocenters. The number of nitrogens with zero attached hydrogens (tertiary/aromatic N) is 2. The van der Waals surface area contributed by atoms with Crippen LogP contribution in [0.3, 0.4) is 0 Å². The molecule has 3 aromatic heterocycles. The Labute approximate surface area is 181 Å². The molecule has 0 aliphatic rings. The Morgan fingerprint density at radius 1 is 0.800 bits per heavy atom. The van der Waals surface area contributed by atoms with Gasteiger partial charge in [0.2, 0.25) is 0 Å². The summed E-state index contributed by atoms with van der Waals surface area (Å²) < 4.78 is 1.25. The Balaban J connectivity index is 1.76. The predicted molar refractivity (Wildman–Crippen MR) is 129 cm³/mol. The molecule has 30 heavy (non-hydrogen) atoms. The monoisotopic (exact) mass is 408 g/mol. The van der Waals surface area contributed by atoms with E-state index in [-0.39, 0.29) is 0 Å². The summed E-state index contributed by atoms with van der Waals surface area (Å²) in [4.78, 5) is 9.52. The summed E-state index contributed by atoms with van der Waals surface area (Å²) in [7, 11) is 0. The summed E-state index contributed by atoms with van der Waals surface area (Å²) in [5, 5.41) is 4.80. The molecule has 5 rings (SSSR count). The van der Waals surface area contributed by atoms with Crippen molar-refractivity contribution in [3.05, 3.63) is 83.1 Å². The Hall–Kier alpha value is -3.04. The topological polar surface area (TPSA) is 25.8 Å². The smallest absolute Gasteiger partial charge is 0.0895 e. The summed E-state index contributed by atoms with van der Waals surface area (Å²) in [5.74, 6) is 0.431. The molecule has 0 fully saturated rings. The van der Waals surface area contributed by atoms with E-state index < -0.39 is 0 Å². The van der Waals surface area contributed by atoms with E-state index in [9.17, 15) is 0 Å². The van der Waals surface area contributed by atoms with Gasteiger partial charge in [0, 0.05) is 40.2 Å². The van der Waals surface area contributed by atoms with Crippen molar-refractivity contribution in [3.8, 4) is 22.3 Å². The zero-order chi connectivity index (χ0) is 20.8. The number of rotatable bonds is 3. The van der Waals surface area contributed by atoms with Crippen LogP contribution in [0.2, 0.25) is 0 Å². The van der Waals surface area contributed by atoms with Crippen LogP contribution in [0, 0.1) is 13.8 Å². The molecule has 0 saturated carbocycles. The molecule has 0 N–H and O–H groups in total. The van der Waals surface area contributed by atoms with E-state index in [4.69, 9.17) is 4.98 Å². The Morgan fingerprint density at radius 2 is 1.63 bits per heavy atom. The quantitative estimate of drug-likeness (QED) is 0.303. The molecule has 3 heterocycles. The van der Waals surface area contributed by atoms with Crippen molar-refractivity contribution < 1.29 is 0 Å². The van der Waals surface area contributed by atoms with Gasteiger partial charge in [-0.25, -0.2) is 0 Å². The number of fused-ring (bicyclic) bond motifs is 2. The van der Waals surface area contributed by atoms with Crippen molar-refractivity contribution in [1.29, 1.82) is 0 Å². The van der Waals surface area contributed by atoms with Gasteiger partial charge in [0.05, 0.1) is 10.2 Å². The number of benzene rings is 2. The highest BCUT2D eigenvalue weighted by molar-refractivity contribution is 7.18. The van der Waals surface area contributed by atoms with Crippen molar-refractivity contribution >= 4 is 32.3 Å². The minimum absolute atomic E-state index is 0.431. The fraction of sp³-hybridized carbons (Fsp3) is 0.185. The van der Waals surface area contributed by atoms with Crippen LogP contribution >= 0.6 is 11.3 Å². The fourth-order valence-corrected chi connectivity index (χ4v) is 5.33. The van der Waals surface area contributed by atoms with Crippen LogP contribution in [-0.2, 0) is 0 Å². The van der Waals surface area contributed by atoms with Gasteiger partial charge in [0.15, 0.2) is 0 Å². The van der Waals surface area contributed by atoms with Crippen LogP contribution in [0.1, 0.15) is 36.6 Å². The molecule has 2 nitrogen and oxygen atoms in total. The zero-order valence-corrected chi connectivity index (χ0v) is 18.5. The lowest BCUT2D eigenvalue weighted by Crippen LogP contribution is -1.93. The normalized spacial score (nSPS) is 11.6. The van der Waals surface area contributed by atoms with E-state index >= 15 is 0 Å². The minimum atomic E-state index is 0.431. The second-order valence-electron chi connectivity index (χ2n) is 8.25. The lowest BCUT2D eigenvalue weighted by molar-refractivity contribution is 0.823. The first kappa shape index (κ1) is 19.0. The van der Waals surface area contributed by atoms with Crippen LogP contribution in [0.5, 0.6) is 0 Å². The van der Waals surface area contributed by atoms with Gasteiger partial charge in [-0.15, -0.1) is 11.3 Å². The summed E-state index contributed by atoms with van der Waals surface area (Å²) in [5.41, 5.74) is 9.60. The third kappa shape index (κ3) is 3.01. The second kappa shape index (κ2) is 7.33. The number of aromatic nitrogens is 2. The molecular formula is C27H24N2S. The molecular weight excluding hydrogens is 384 g/mol. The first-order valence-corrected chi connectivity index (χ1v) is 11.2. The Bertz CT molecular complexity index is 1380. The summed E-state index contributed by atoms with van der Waals surface area (Å²) in [6.07, 6.45) is 4.01. The van der Waals surface area contributed by atoms with Gasteiger partial charge >= 0.3 is 0 Å². The summed E-state index contributed by atoms with van der Waals surface area (Å²) in [6, 6.07) is 17.4. The van der Waals surface area contributed by atoms with E-state index in [1.165, 1.54) is 37.7 Å². The maximum atomic E-state index is 4.85. The van der Waals surface area contributed by atoms with Crippen LogP contribution in [0.15, 0.2) is 66.3 Å². The number of hydrogen-bond acceptors (Lipinski definition) is 3. The molecule has 0 radical (unpaired) electrons. The number of pyridine rings is 2. The molecule has 0 aliphatic heterocycles. The number of thiophene rings is 1. The van der Waals surface area contributed by atoms with Crippen LogP contribution < -0.4 is 0 Å². The molecule has 0 spiro atoms. The standard InChI is InChI=1S/C27H24N2S/c1-16(2)23-12-11-20(14-28-23)22-15-30-27-25(18(4)13-29-26(22)27)24-17(3)9-10-19-7-5-6-8-21(19)24/h5-16H,1-4H3. The maximum Gasteiger partial charge on any atom is 0.0895 e. The van der Waals surface area contributed by atoms with Crippen LogP contribution in [-0.4, -0.2) is 9.97 Å². The first-order chi connectivity index (χ1) is 14.5. The SMILES string of the molecule is Cc1ccc2ccccc2c1-c1c(C)cnc2c(-c3ccc(C(C)C)nc3)csc12. The molecule has 0 unspecified atom stereocenters. The van der Waals surface area contributed by atoms with Crippen molar-refractivity contribution in [2.24, 2.45) is 0 Å². The number of hydrogen-bond donors (Lipinski definition) is 0. The average molecular weight is 409 g/mol. The van der Waals surface area contributed by atoms with Gasteiger partial charge in [0.25, 0.3) is 0 Å². The zero-order valence-electron chi connectivity index (χ0n) is 17.7. The molecule has 148 valence electrons. The molecule has 0 amide bonds. The van der Waals surface area contributed by atoms with Gasteiger partial charge in [-0.05, 0) is 53.3 Å². The highest BCUT2D eigenvalue weighted by Gasteiger charge is 2.18. The molecule has 3 heteroatoms. The fourth-order valence-electron chi connectivity index (χ4n) is 4.20. The van der Waals surface area contributed by atoms with Crippen molar-refractivity contribution in [2.75, 3.05) is 0 Å². The molecule has 0 saturated heterocycles. The third-order valence-corrected chi connectivity index (χ3v) is 6.84. The van der Waals surface area contributed by atoms with Crippen molar-refractivity contribution in [1.82, 2.24) is 9.97 Å². The van der Waals surface area contributed by atoms with Gasteiger partial charge < -0.3 is 0 Å². The van der Waals surface area contributed by atoms with Crippen molar-refractivity contribution in [2.45, 2.75) is 33.6 Å². The van der Waals surface area contributed by atoms with Gasteiger partial charge in [-0.3, -0.25) is 9.97 Å². The largest absolute Gasteiger partial charge is 0.260 e. The lowest BCUT2D eigenvalue weighted by Gasteiger charge is -2.14. The van der Waals surface area contributed by atoms with E-state index in [1.54, 1.807) is 11.3 Å². The van der Waals surface area contributed by atoms with Gasteiger partial charge in [0.1, 0.15) is 0 Å². The Morgan fingerprint density at radius 3 is 2.40 bits per heavy atom. The molecule has 5 aromatic rings. The van der Waals surface area contributed by atoms with Gasteiger partial charge in [-0.1, -0.05) is 56.3 Å². The van der Waals surface area contributed by atoms with E-state index in [0.29, 0.717) is 5.92 Å².